The number of anilines is 3. The van der Waals surface area contributed by atoms with Crippen molar-refractivity contribution >= 4 is 34.3 Å². The van der Waals surface area contributed by atoms with Gasteiger partial charge in [0.2, 0.25) is 0 Å². The lowest BCUT2D eigenvalue weighted by atomic mass is 9.85. The minimum absolute atomic E-state index is 0.121. The normalized spacial score (nSPS) is 12.6. The van der Waals surface area contributed by atoms with Gasteiger partial charge in [0, 0.05) is 23.2 Å². The molecular formula is C22H25N3O3S. The number of rotatable bonds is 6. The maximum absolute atomic E-state index is 12.3. The first-order valence-electron chi connectivity index (χ1n) is 9.37. The summed E-state index contributed by atoms with van der Waals surface area (Å²) in [5, 5.41) is 11.0. The van der Waals surface area contributed by atoms with Crippen LogP contribution in [0.4, 0.5) is 17.1 Å². The van der Waals surface area contributed by atoms with Gasteiger partial charge in [-0.15, -0.1) is 11.3 Å². The van der Waals surface area contributed by atoms with Crippen LogP contribution in [0.1, 0.15) is 47.6 Å². The van der Waals surface area contributed by atoms with Gasteiger partial charge < -0.3 is 16.0 Å². The average molecular weight is 412 g/mol. The van der Waals surface area contributed by atoms with Crippen molar-refractivity contribution in [2.24, 2.45) is 5.41 Å². The molecule has 3 N–H and O–H groups in total. The molecule has 1 amide bonds. The number of carbonyl (C=O) groups excluding carboxylic acids is 1. The number of carbonyl (C=O) groups is 1. The van der Waals surface area contributed by atoms with E-state index in [2.05, 4.69) is 36.7 Å². The summed E-state index contributed by atoms with van der Waals surface area (Å²) < 4.78 is 0. The van der Waals surface area contributed by atoms with Crippen molar-refractivity contribution in [1.29, 1.82) is 0 Å². The standard InChI is InChI=1S/C22H25N3O3S/c1-12-13(21(28)23-5)8-6-9-14(12)24-16-17(19(27)18(16)26)25-20(22(2,3)4)15-10-7-11-29-15/h6-11,20,24-25H,1-5H3,(H,23,28). The van der Waals surface area contributed by atoms with Crippen LogP contribution in [0.5, 0.6) is 0 Å². The molecule has 7 heteroatoms. The Morgan fingerprint density at radius 2 is 1.72 bits per heavy atom. The minimum atomic E-state index is -0.559. The van der Waals surface area contributed by atoms with Crippen molar-refractivity contribution in [3.63, 3.8) is 0 Å². The molecule has 3 aromatic rings. The number of hydrogen-bond acceptors (Lipinski definition) is 6. The smallest absolute Gasteiger partial charge is 0.253 e. The van der Waals surface area contributed by atoms with Crippen molar-refractivity contribution in [2.75, 3.05) is 17.7 Å². The van der Waals surface area contributed by atoms with Gasteiger partial charge in [-0.05, 0) is 41.5 Å². The zero-order valence-electron chi connectivity index (χ0n) is 17.2. The fourth-order valence-electron chi connectivity index (χ4n) is 3.25. The van der Waals surface area contributed by atoms with E-state index in [1.165, 1.54) is 0 Å². The van der Waals surface area contributed by atoms with Crippen molar-refractivity contribution in [2.45, 2.75) is 33.7 Å². The Labute approximate surface area is 173 Å². The van der Waals surface area contributed by atoms with Crippen molar-refractivity contribution < 1.29 is 4.79 Å². The molecular weight excluding hydrogens is 386 g/mol. The van der Waals surface area contributed by atoms with Crippen LogP contribution in [-0.2, 0) is 0 Å². The van der Waals surface area contributed by atoms with E-state index >= 15 is 0 Å². The SMILES string of the molecule is CNC(=O)c1cccc(Nc2c(NC(c3cccs3)C(C)(C)C)c(=O)c2=O)c1C. The Hall–Kier alpha value is -2.93. The second-order valence-corrected chi connectivity index (χ2v) is 9.03. The maximum atomic E-state index is 12.3. The third-order valence-corrected chi connectivity index (χ3v) is 5.90. The summed E-state index contributed by atoms with van der Waals surface area (Å²) >= 11 is 1.61. The molecule has 0 aliphatic carbocycles. The van der Waals surface area contributed by atoms with Gasteiger partial charge in [0.15, 0.2) is 0 Å². The molecule has 1 unspecified atom stereocenters. The van der Waals surface area contributed by atoms with E-state index in [0.29, 0.717) is 16.8 Å². The Kier molecular flexibility index (Phi) is 5.61. The second-order valence-electron chi connectivity index (χ2n) is 8.05. The van der Waals surface area contributed by atoms with Crippen LogP contribution in [0.3, 0.4) is 0 Å². The minimum Gasteiger partial charge on any atom is -0.372 e. The van der Waals surface area contributed by atoms with Crippen LogP contribution in [0, 0.1) is 12.3 Å². The summed E-state index contributed by atoms with van der Waals surface area (Å²) in [6, 6.07) is 9.10. The lowest BCUT2D eigenvalue weighted by molar-refractivity contribution is 0.0962. The molecule has 2 aromatic carbocycles. The van der Waals surface area contributed by atoms with Gasteiger partial charge in [-0.3, -0.25) is 14.4 Å². The summed E-state index contributed by atoms with van der Waals surface area (Å²) in [4.78, 5) is 37.8. The number of benzene rings is 1. The van der Waals surface area contributed by atoms with E-state index in [9.17, 15) is 14.4 Å². The van der Waals surface area contributed by atoms with Gasteiger partial charge in [-0.25, -0.2) is 0 Å². The molecule has 0 bridgehead atoms. The first kappa shape index (κ1) is 20.8. The quantitative estimate of drug-likeness (QED) is 0.535. The van der Waals surface area contributed by atoms with Crippen LogP contribution in [0.25, 0.3) is 0 Å². The Balaban J connectivity index is 1.95. The van der Waals surface area contributed by atoms with Gasteiger partial charge in [0.25, 0.3) is 16.8 Å². The molecule has 0 spiro atoms. The Bertz CT molecular complexity index is 1100. The van der Waals surface area contributed by atoms with E-state index in [0.717, 1.165) is 4.88 Å². The van der Waals surface area contributed by atoms with Crippen LogP contribution in [0.2, 0.25) is 0 Å². The highest BCUT2D eigenvalue weighted by Crippen LogP contribution is 2.39. The molecule has 1 heterocycles. The fourth-order valence-corrected chi connectivity index (χ4v) is 4.27. The number of nitrogens with one attached hydrogen (secondary N) is 3. The third-order valence-electron chi connectivity index (χ3n) is 4.96. The van der Waals surface area contributed by atoms with E-state index in [1.807, 2.05) is 17.5 Å². The molecule has 0 saturated heterocycles. The van der Waals surface area contributed by atoms with Crippen molar-refractivity contribution in [3.8, 4) is 0 Å². The molecule has 0 fully saturated rings. The molecule has 6 nitrogen and oxygen atoms in total. The molecule has 152 valence electrons. The molecule has 1 aromatic heterocycles. The zero-order valence-corrected chi connectivity index (χ0v) is 18.0. The lowest BCUT2D eigenvalue weighted by Gasteiger charge is -2.32. The van der Waals surface area contributed by atoms with E-state index in [1.54, 1.807) is 43.5 Å². The van der Waals surface area contributed by atoms with Crippen molar-refractivity contribution in [1.82, 2.24) is 5.32 Å². The predicted molar refractivity (Wildman–Crippen MR) is 119 cm³/mol. The van der Waals surface area contributed by atoms with E-state index in [4.69, 9.17) is 0 Å². The van der Waals surface area contributed by atoms with Crippen LogP contribution in [0.15, 0.2) is 45.3 Å². The average Bonchev–Trinajstić information content (AvgIpc) is 3.20. The van der Waals surface area contributed by atoms with Gasteiger partial charge in [0.1, 0.15) is 11.4 Å². The Morgan fingerprint density at radius 1 is 1.03 bits per heavy atom. The Morgan fingerprint density at radius 3 is 2.31 bits per heavy atom. The summed E-state index contributed by atoms with van der Waals surface area (Å²) in [6.07, 6.45) is 0. The zero-order chi connectivity index (χ0) is 21.3. The molecule has 1 atom stereocenters. The highest BCUT2D eigenvalue weighted by Gasteiger charge is 2.31. The van der Waals surface area contributed by atoms with E-state index < -0.39 is 10.9 Å². The summed E-state index contributed by atoms with van der Waals surface area (Å²) in [6.45, 7) is 8.05. The van der Waals surface area contributed by atoms with Crippen LogP contribution >= 0.6 is 11.3 Å². The summed E-state index contributed by atoms with van der Waals surface area (Å²) in [7, 11) is 1.57. The van der Waals surface area contributed by atoms with Gasteiger partial charge in [0.05, 0.1) is 6.04 Å². The molecule has 0 radical (unpaired) electrons. The second kappa shape index (κ2) is 7.83. The highest BCUT2D eigenvalue weighted by atomic mass is 32.1. The number of amides is 1. The van der Waals surface area contributed by atoms with Crippen molar-refractivity contribution in [3.05, 3.63) is 72.2 Å². The monoisotopic (exact) mass is 411 g/mol. The lowest BCUT2D eigenvalue weighted by Crippen LogP contribution is -2.39. The van der Waals surface area contributed by atoms with Crippen LogP contribution in [-0.4, -0.2) is 13.0 Å². The molecule has 3 rings (SSSR count). The summed E-state index contributed by atoms with van der Waals surface area (Å²) in [5.74, 6) is -0.208. The summed E-state index contributed by atoms with van der Waals surface area (Å²) in [5.41, 5.74) is 1.09. The molecule has 0 aliphatic heterocycles. The highest BCUT2D eigenvalue weighted by molar-refractivity contribution is 7.10. The molecule has 0 saturated carbocycles. The fraction of sp³-hybridized carbons (Fsp3) is 0.318. The largest absolute Gasteiger partial charge is 0.372 e. The number of thiophene rings is 1. The van der Waals surface area contributed by atoms with Gasteiger partial charge >= 0.3 is 0 Å². The topological polar surface area (TPSA) is 87.3 Å². The van der Waals surface area contributed by atoms with Crippen LogP contribution < -0.4 is 26.8 Å². The van der Waals surface area contributed by atoms with Gasteiger partial charge in [-0.1, -0.05) is 32.9 Å². The first-order valence-corrected chi connectivity index (χ1v) is 10.2. The molecule has 0 aliphatic rings. The maximum Gasteiger partial charge on any atom is 0.253 e. The predicted octanol–water partition coefficient (Wildman–Crippen LogP) is 3.96. The molecule has 29 heavy (non-hydrogen) atoms. The van der Waals surface area contributed by atoms with Gasteiger partial charge in [-0.2, -0.15) is 0 Å². The third kappa shape index (κ3) is 3.96. The first-order chi connectivity index (χ1) is 13.6. The van der Waals surface area contributed by atoms with E-state index in [-0.39, 0.29) is 28.7 Å². The number of hydrogen-bond donors (Lipinski definition) is 3.